The third-order valence-electron chi connectivity index (χ3n) is 4.63. The van der Waals surface area contributed by atoms with Gasteiger partial charge in [0.2, 0.25) is 0 Å². The van der Waals surface area contributed by atoms with Crippen LogP contribution in [-0.4, -0.2) is 36.9 Å². The van der Waals surface area contributed by atoms with Crippen molar-refractivity contribution in [2.45, 2.75) is 18.9 Å². The van der Waals surface area contributed by atoms with E-state index >= 15 is 0 Å². The number of aromatic hydroxyl groups is 1. The lowest BCUT2D eigenvalue weighted by Gasteiger charge is -2.37. The highest BCUT2D eigenvalue weighted by Gasteiger charge is 2.33. The maximum atomic E-state index is 12.3. The Morgan fingerprint density at radius 2 is 2.12 bits per heavy atom. The van der Waals surface area contributed by atoms with Gasteiger partial charge in [0.25, 0.3) is 0 Å². The standard InChI is InChI=1S/C19H19BrClNO4/c1-25-18-9-11-5-6-22(19(24)26-2)16(14(11)10-17(18)23)8-12-7-13(21)3-4-15(12)20/h3-4,7,9-10,16,23H,5-6,8H2,1-2H3. The molecule has 138 valence electrons. The third-order valence-corrected chi connectivity index (χ3v) is 5.64. The monoisotopic (exact) mass is 439 g/mol. The summed E-state index contributed by atoms with van der Waals surface area (Å²) in [5.74, 6) is 0.478. The summed E-state index contributed by atoms with van der Waals surface area (Å²) in [4.78, 5) is 14.0. The predicted molar refractivity (Wildman–Crippen MR) is 103 cm³/mol. The number of nitrogens with zero attached hydrogens (tertiary/aromatic N) is 1. The molecule has 1 heterocycles. The van der Waals surface area contributed by atoms with Gasteiger partial charge in [0.15, 0.2) is 11.5 Å². The molecule has 1 N–H and O–H groups in total. The fraction of sp³-hybridized carbons (Fsp3) is 0.316. The minimum absolute atomic E-state index is 0.0492. The van der Waals surface area contributed by atoms with Crippen LogP contribution in [0.1, 0.15) is 22.7 Å². The van der Waals surface area contributed by atoms with E-state index in [4.69, 9.17) is 21.1 Å². The highest BCUT2D eigenvalue weighted by Crippen LogP contribution is 2.40. The van der Waals surface area contributed by atoms with E-state index in [1.165, 1.54) is 14.2 Å². The van der Waals surface area contributed by atoms with Crippen LogP contribution >= 0.6 is 27.5 Å². The Labute approximate surface area is 165 Å². The first-order valence-electron chi connectivity index (χ1n) is 8.13. The Morgan fingerprint density at radius 1 is 1.35 bits per heavy atom. The number of halogens is 2. The average molecular weight is 441 g/mol. The number of amides is 1. The molecular weight excluding hydrogens is 422 g/mol. The molecule has 7 heteroatoms. The van der Waals surface area contributed by atoms with Gasteiger partial charge in [-0.05, 0) is 59.9 Å². The number of methoxy groups -OCH3 is 2. The fourth-order valence-corrected chi connectivity index (χ4v) is 3.95. The lowest BCUT2D eigenvalue weighted by Crippen LogP contribution is -2.41. The van der Waals surface area contributed by atoms with Crippen molar-refractivity contribution in [3.63, 3.8) is 0 Å². The number of hydrogen-bond donors (Lipinski definition) is 1. The second-order valence-electron chi connectivity index (χ2n) is 6.09. The summed E-state index contributed by atoms with van der Waals surface area (Å²) >= 11 is 9.69. The Balaban J connectivity index is 2.06. The number of phenolic OH excluding ortho intramolecular Hbond substituents is 1. The van der Waals surface area contributed by atoms with Gasteiger partial charge < -0.3 is 19.5 Å². The average Bonchev–Trinajstić information content (AvgIpc) is 2.64. The van der Waals surface area contributed by atoms with Crippen LogP contribution in [-0.2, 0) is 17.6 Å². The first-order valence-corrected chi connectivity index (χ1v) is 9.30. The smallest absolute Gasteiger partial charge is 0.410 e. The summed E-state index contributed by atoms with van der Waals surface area (Å²) in [6, 6.07) is 8.79. The van der Waals surface area contributed by atoms with Gasteiger partial charge in [0.1, 0.15) is 0 Å². The molecule has 0 aromatic heterocycles. The van der Waals surface area contributed by atoms with Crippen molar-refractivity contribution in [2.75, 3.05) is 20.8 Å². The molecule has 0 saturated carbocycles. The lowest BCUT2D eigenvalue weighted by atomic mass is 9.88. The third kappa shape index (κ3) is 3.62. The van der Waals surface area contributed by atoms with Gasteiger partial charge >= 0.3 is 6.09 Å². The fourth-order valence-electron chi connectivity index (χ4n) is 3.35. The maximum Gasteiger partial charge on any atom is 0.410 e. The van der Waals surface area contributed by atoms with Gasteiger partial charge in [-0.1, -0.05) is 27.5 Å². The highest BCUT2D eigenvalue weighted by atomic mass is 79.9. The van der Waals surface area contributed by atoms with E-state index in [2.05, 4.69) is 15.9 Å². The zero-order valence-corrected chi connectivity index (χ0v) is 16.8. The molecule has 1 unspecified atom stereocenters. The van der Waals surface area contributed by atoms with Crippen LogP contribution in [0.3, 0.4) is 0 Å². The van der Waals surface area contributed by atoms with Gasteiger partial charge in [-0.3, -0.25) is 0 Å². The molecule has 1 aliphatic heterocycles. The van der Waals surface area contributed by atoms with Gasteiger partial charge in [-0.15, -0.1) is 0 Å². The van der Waals surface area contributed by atoms with Crippen LogP contribution in [0.2, 0.25) is 5.02 Å². The molecule has 0 bridgehead atoms. The molecule has 2 aromatic carbocycles. The zero-order chi connectivity index (χ0) is 18.8. The van der Waals surface area contributed by atoms with Crippen molar-refractivity contribution >= 4 is 33.6 Å². The molecule has 1 atom stereocenters. The van der Waals surface area contributed by atoms with Crippen molar-refractivity contribution in [3.05, 3.63) is 56.5 Å². The second kappa shape index (κ2) is 7.76. The van der Waals surface area contributed by atoms with E-state index in [9.17, 15) is 9.90 Å². The van der Waals surface area contributed by atoms with E-state index < -0.39 is 6.09 Å². The molecule has 0 saturated heterocycles. The molecule has 1 aliphatic rings. The summed E-state index contributed by atoms with van der Waals surface area (Å²) in [6.07, 6.45) is 0.803. The summed E-state index contributed by atoms with van der Waals surface area (Å²) in [6.45, 7) is 0.524. The number of fused-ring (bicyclic) bond motifs is 1. The first kappa shape index (κ1) is 18.9. The van der Waals surface area contributed by atoms with Crippen LogP contribution in [0.25, 0.3) is 0 Å². The number of rotatable bonds is 3. The van der Waals surface area contributed by atoms with E-state index in [1.54, 1.807) is 17.0 Å². The second-order valence-corrected chi connectivity index (χ2v) is 7.38. The number of benzene rings is 2. The van der Waals surface area contributed by atoms with Crippen molar-refractivity contribution in [1.29, 1.82) is 0 Å². The maximum absolute atomic E-state index is 12.3. The van der Waals surface area contributed by atoms with Gasteiger partial charge in [-0.2, -0.15) is 0 Å². The molecule has 0 spiro atoms. The molecule has 26 heavy (non-hydrogen) atoms. The van der Waals surface area contributed by atoms with E-state index in [0.29, 0.717) is 30.2 Å². The number of carbonyl (C=O) groups excluding carboxylic acids is 1. The zero-order valence-electron chi connectivity index (χ0n) is 14.5. The molecular formula is C19H19BrClNO4. The highest BCUT2D eigenvalue weighted by molar-refractivity contribution is 9.10. The quantitative estimate of drug-likeness (QED) is 0.750. The number of hydrogen-bond acceptors (Lipinski definition) is 4. The van der Waals surface area contributed by atoms with Crippen molar-refractivity contribution < 1.29 is 19.4 Å². The summed E-state index contributed by atoms with van der Waals surface area (Å²) in [5, 5.41) is 10.9. The van der Waals surface area contributed by atoms with Crippen LogP contribution in [0, 0.1) is 0 Å². The molecule has 5 nitrogen and oxygen atoms in total. The van der Waals surface area contributed by atoms with Gasteiger partial charge in [-0.25, -0.2) is 4.79 Å². The normalized spacial score (nSPS) is 16.2. The van der Waals surface area contributed by atoms with Crippen molar-refractivity contribution in [2.24, 2.45) is 0 Å². The molecule has 1 amide bonds. The van der Waals surface area contributed by atoms with Crippen LogP contribution in [0.15, 0.2) is 34.8 Å². The van der Waals surface area contributed by atoms with E-state index in [0.717, 1.165) is 21.2 Å². The largest absolute Gasteiger partial charge is 0.504 e. The Kier molecular flexibility index (Phi) is 5.63. The predicted octanol–water partition coefficient (Wildman–Crippen LogP) is 4.73. The number of ether oxygens (including phenoxy) is 2. The molecule has 0 fully saturated rings. The molecule has 3 rings (SSSR count). The van der Waals surface area contributed by atoms with Gasteiger partial charge in [0, 0.05) is 16.0 Å². The van der Waals surface area contributed by atoms with Crippen molar-refractivity contribution in [1.82, 2.24) is 4.90 Å². The number of phenols is 1. The topological polar surface area (TPSA) is 59.0 Å². The van der Waals surface area contributed by atoms with E-state index in [1.807, 2.05) is 18.2 Å². The number of carbonyl (C=O) groups is 1. The van der Waals surface area contributed by atoms with Crippen LogP contribution in [0.5, 0.6) is 11.5 Å². The van der Waals surface area contributed by atoms with Crippen LogP contribution < -0.4 is 4.74 Å². The van der Waals surface area contributed by atoms with Gasteiger partial charge in [0.05, 0.1) is 20.3 Å². The minimum atomic E-state index is -0.394. The Hall–Kier alpha value is -1.92. The molecule has 2 aromatic rings. The van der Waals surface area contributed by atoms with Crippen molar-refractivity contribution in [3.8, 4) is 11.5 Å². The molecule has 0 radical (unpaired) electrons. The Bertz CT molecular complexity index is 843. The minimum Gasteiger partial charge on any atom is -0.504 e. The molecule has 0 aliphatic carbocycles. The summed E-state index contributed by atoms with van der Waals surface area (Å²) in [7, 11) is 2.89. The first-order chi connectivity index (χ1) is 12.4. The van der Waals surface area contributed by atoms with E-state index in [-0.39, 0.29) is 11.8 Å². The lowest BCUT2D eigenvalue weighted by molar-refractivity contribution is 0.100. The summed E-state index contributed by atoms with van der Waals surface area (Å²) < 4.78 is 11.1. The van der Waals surface area contributed by atoms with Crippen LogP contribution in [0.4, 0.5) is 4.79 Å². The Morgan fingerprint density at radius 3 is 2.81 bits per heavy atom. The summed E-state index contributed by atoms with van der Waals surface area (Å²) in [5.41, 5.74) is 2.90. The SMILES string of the molecule is COC(=O)N1CCc2cc(OC)c(O)cc2C1Cc1cc(Cl)ccc1Br.